The number of likely N-dealkylation sites (tertiary alicyclic amines) is 1. The highest BCUT2D eigenvalue weighted by molar-refractivity contribution is 5.95. The van der Waals surface area contributed by atoms with Gasteiger partial charge < -0.3 is 15.1 Å². The Morgan fingerprint density at radius 1 is 0.967 bits per heavy atom. The fourth-order valence-electron chi connectivity index (χ4n) is 4.26. The number of nitrogens with zero attached hydrogens (tertiary/aromatic N) is 3. The van der Waals surface area contributed by atoms with Gasteiger partial charge in [0.15, 0.2) is 0 Å². The zero-order valence-electron chi connectivity index (χ0n) is 17.9. The van der Waals surface area contributed by atoms with Crippen LogP contribution in [0.25, 0.3) is 0 Å². The van der Waals surface area contributed by atoms with Crippen molar-refractivity contribution in [2.45, 2.75) is 39.5 Å². The molecule has 2 saturated heterocycles. The highest BCUT2D eigenvalue weighted by Crippen LogP contribution is 2.25. The third-order valence-electron chi connectivity index (χ3n) is 6.35. The zero-order valence-corrected chi connectivity index (χ0v) is 17.9. The van der Waals surface area contributed by atoms with Crippen molar-refractivity contribution in [1.82, 2.24) is 9.88 Å². The SMILES string of the molecule is Cc1ccc(NC(=O)C2CCN(c3cc(C(=O)N4CCCC4)ccn3)CC2)cc1C. The van der Waals surface area contributed by atoms with Crippen molar-refractivity contribution in [2.75, 3.05) is 36.4 Å². The minimum absolute atomic E-state index is 0.00252. The van der Waals surface area contributed by atoms with Gasteiger partial charge in [0.1, 0.15) is 5.82 Å². The number of benzene rings is 1. The van der Waals surface area contributed by atoms with E-state index in [4.69, 9.17) is 0 Å². The number of carbonyl (C=O) groups excluding carboxylic acids is 2. The van der Waals surface area contributed by atoms with Crippen molar-refractivity contribution in [3.05, 3.63) is 53.2 Å². The summed E-state index contributed by atoms with van der Waals surface area (Å²) in [5.41, 5.74) is 3.97. The fourth-order valence-corrected chi connectivity index (χ4v) is 4.26. The summed E-state index contributed by atoms with van der Waals surface area (Å²) >= 11 is 0. The molecule has 158 valence electrons. The maximum Gasteiger partial charge on any atom is 0.254 e. The molecule has 30 heavy (non-hydrogen) atoms. The van der Waals surface area contributed by atoms with Gasteiger partial charge in [-0.25, -0.2) is 4.98 Å². The third-order valence-corrected chi connectivity index (χ3v) is 6.35. The van der Waals surface area contributed by atoms with E-state index in [1.807, 2.05) is 29.2 Å². The summed E-state index contributed by atoms with van der Waals surface area (Å²) in [6.07, 6.45) is 5.45. The van der Waals surface area contributed by atoms with Crippen LogP contribution in [0.5, 0.6) is 0 Å². The van der Waals surface area contributed by atoms with Gasteiger partial charge in [0.05, 0.1) is 0 Å². The predicted octanol–water partition coefficient (Wildman–Crippen LogP) is 3.79. The summed E-state index contributed by atoms with van der Waals surface area (Å²) in [6, 6.07) is 9.72. The first kappa shape index (κ1) is 20.4. The van der Waals surface area contributed by atoms with E-state index in [0.29, 0.717) is 5.56 Å². The molecule has 1 aromatic carbocycles. The molecule has 6 heteroatoms. The Labute approximate surface area is 178 Å². The van der Waals surface area contributed by atoms with Crippen LogP contribution in [-0.2, 0) is 4.79 Å². The van der Waals surface area contributed by atoms with Crippen LogP contribution in [0.3, 0.4) is 0 Å². The molecule has 6 nitrogen and oxygen atoms in total. The smallest absolute Gasteiger partial charge is 0.254 e. The number of carbonyl (C=O) groups is 2. The molecule has 0 spiro atoms. The van der Waals surface area contributed by atoms with Gasteiger partial charge in [0, 0.05) is 49.5 Å². The van der Waals surface area contributed by atoms with E-state index in [1.165, 1.54) is 11.1 Å². The summed E-state index contributed by atoms with van der Waals surface area (Å²) in [5.74, 6) is 1.01. The molecule has 0 aliphatic carbocycles. The maximum absolute atomic E-state index is 12.7. The lowest BCUT2D eigenvalue weighted by Gasteiger charge is -2.32. The molecule has 2 amide bonds. The van der Waals surface area contributed by atoms with E-state index in [2.05, 4.69) is 29.0 Å². The lowest BCUT2D eigenvalue weighted by Crippen LogP contribution is -2.38. The van der Waals surface area contributed by atoms with Crippen molar-refractivity contribution in [2.24, 2.45) is 5.92 Å². The van der Waals surface area contributed by atoms with Gasteiger partial charge in [-0.2, -0.15) is 0 Å². The van der Waals surface area contributed by atoms with Crippen molar-refractivity contribution >= 4 is 23.3 Å². The van der Waals surface area contributed by atoms with Crippen LogP contribution in [0, 0.1) is 19.8 Å². The largest absolute Gasteiger partial charge is 0.357 e. The quantitative estimate of drug-likeness (QED) is 0.839. The van der Waals surface area contributed by atoms with Gasteiger partial charge in [-0.3, -0.25) is 9.59 Å². The number of amides is 2. The van der Waals surface area contributed by atoms with E-state index in [9.17, 15) is 9.59 Å². The monoisotopic (exact) mass is 406 g/mol. The molecular formula is C24H30N4O2. The van der Waals surface area contributed by atoms with Gasteiger partial charge in [-0.1, -0.05) is 6.07 Å². The van der Waals surface area contributed by atoms with Crippen LogP contribution < -0.4 is 10.2 Å². The Hall–Kier alpha value is -2.89. The number of nitrogens with one attached hydrogen (secondary N) is 1. The fraction of sp³-hybridized carbons (Fsp3) is 0.458. The highest BCUT2D eigenvalue weighted by Gasteiger charge is 2.27. The van der Waals surface area contributed by atoms with Gasteiger partial charge in [0.25, 0.3) is 5.91 Å². The lowest BCUT2D eigenvalue weighted by molar-refractivity contribution is -0.120. The first-order chi connectivity index (χ1) is 14.5. The average Bonchev–Trinajstić information content (AvgIpc) is 3.31. The molecule has 2 aromatic rings. The van der Waals surface area contributed by atoms with Crippen LogP contribution in [0.4, 0.5) is 11.5 Å². The molecule has 1 aromatic heterocycles. The number of aryl methyl sites for hydroxylation is 2. The third kappa shape index (κ3) is 4.48. The van der Waals surface area contributed by atoms with Crippen LogP contribution >= 0.6 is 0 Å². The van der Waals surface area contributed by atoms with E-state index in [0.717, 1.165) is 63.4 Å². The number of rotatable bonds is 4. The Morgan fingerprint density at radius 2 is 1.70 bits per heavy atom. The normalized spacial score (nSPS) is 17.3. The maximum atomic E-state index is 12.7. The standard InChI is InChI=1S/C24H30N4O2/c1-17-5-6-21(15-18(17)2)26-23(29)19-8-13-27(14-9-19)22-16-20(7-10-25-22)24(30)28-11-3-4-12-28/h5-7,10,15-16,19H,3-4,8-9,11-14H2,1-2H3,(H,26,29). The van der Waals surface area contributed by atoms with Gasteiger partial charge in [0.2, 0.25) is 5.91 Å². The second-order valence-corrected chi connectivity index (χ2v) is 8.45. The number of anilines is 2. The van der Waals surface area contributed by atoms with E-state index >= 15 is 0 Å². The molecular weight excluding hydrogens is 376 g/mol. The number of pyridine rings is 1. The summed E-state index contributed by atoms with van der Waals surface area (Å²) in [6.45, 7) is 7.34. The first-order valence-electron chi connectivity index (χ1n) is 10.9. The summed E-state index contributed by atoms with van der Waals surface area (Å²) in [4.78, 5) is 34.0. The second kappa shape index (κ2) is 8.86. The highest BCUT2D eigenvalue weighted by atomic mass is 16.2. The molecule has 1 N–H and O–H groups in total. The van der Waals surface area contributed by atoms with Crippen molar-refractivity contribution in [3.8, 4) is 0 Å². The number of piperidine rings is 1. The summed E-state index contributed by atoms with van der Waals surface area (Å²) in [7, 11) is 0. The van der Waals surface area contributed by atoms with Gasteiger partial charge in [-0.05, 0) is 74.9 Å². The van der Waals surface area contributed by atoms with Crippen LogP contribution in [0.2, 0.25) is 0 Å². The number of hydrogen-bond acceptors (Lipinski definition) is 4. The van der Waals surface area contributed by atoms with Crippen LogP contribution in [-0.4, -0.2) is 47.9 Å². The van der Waals surface area contributed by atoms with Crippen molar-refractivity contribution in [3.63, 3.8) is 0 Å². The first-order valence-corrected chi connectivity index (χ1v) is 10.9. The summed E-state index contributed by atoms with van der Waals surface area (Å²) < 4.78 is 0. The number of hydrogen-bond donors (Lipinski definition) is 1. The Morgan fingerprint density at radius 3 is 2.40 bits per heavy atom. The molecule has 0 bridgehead atoms. The van der Waals surface area contributed by atoms with E-state index in [-0.39, 0.29) is 17.7 Å². The molecule has 2 fully saturated rings. The average molecular weight is 407 g/mol. The van der Waals surface area contributed by atoms with Crippen LogP contribution in [0.15, 0.2) is 36.5 Å². The Kier molecular flexibility index (Phi) is 6.02. The van der Waals surface area contributed by atoms with Crippen LogP contribution in [0.1, 0.15) is 47.2 Å². The van der Waals surface area contributed by atoms with Crippen molar-refractivity contribution < 1.29 is 9.59 Å². The number of aromatic nitrogens is 1. The van der Waals surface area contributed by atoms with Crippen molar-refractivity contribution in [1.29, 1.82) is 0 Å². The molecule has 0 unspecified atom stereocenters. The molecule has 0 atom stereocenters. The predicted molar refractivity (Wildman–Crippen MR) is 119 cm³/mol. The van der Waals surface area contributed by atoms with Gasteiger partial charge in [-0.15, -0.1) is 0 Å². The van der Waals surface area contributed by atoms with E-state index < -0.39 is 0 Å². The molecule has 4 rings (SSSR count). The molecule has 0 saturated carbocycles. The van der Waals surface area contributed by atoms with Gasteiger partial charge >= 0.3 is 0 Å². The lowest BCUT2D eigenvalue weighted by atomic mass is 9.95. The molecule has 3 heterocycles. The zero-order chi connectivity index (χ0) is 21.1. The van der Waals surface area contributed by atoms with E-state index in [1.54, 1.807) is 12.3 Å². The Balaban J connectivity index is 1.35. The molecule has 2 aliphatic heterocycles. The summed E-state index contributed by atoms with van der Waals surface area (Å²) in [5, 5.41) is 3.07. The minimum Gasteiger partial charge on any atom is -0.357 e. The topological polar surface area (TPSA) is 65.5 Å². The second-order valence-electron chi connectivity index (χ2n) is 8.45. The Bertz CT molecular complexity index is 929. The molecule has 2 aliphatic rings. The molecule has 0 radical (unpaired) electrons. The minimum atomic E-state index is -0.00252.